The first-order chi connectivity index (χ1) is 10.4. The van der Waals surface area contributed by atoms with E-state index in [0.717, 1.165) is 13.1 Å². The zero-order chi connectivity index (χ0) is 15.0. The standard InChI is InChI=1S/C19H32IN/c20-16-12-7-5-3-1-2-4-6-8-13-17-21-18-19-14-10-9-11-15-19/h9-11,14-15,21H,1-8,12-13,16-18H2. The highest BCUT2D eigenvalue weighted by Gasteiger charge is 1.94. The molecule has 1 aromatic rings. The molecule has 2 heteroatoms. The average Bonchev–Trinajstić information content (AvgIpc) is 2.53. The van der Waals surface area contributed by atoms with Crippen LogP contribution in [-0.2, 0) is 6.54 Å². The lowest BCUT2D eigenvalue weighted by molar-refractivity contribution is 0.544. The van der Waals surface area contributed by atoms with E-state index in [4.69, 9.17) is 0 Å². The molecule has 21 heavy (non-hydrogen) atoms. The van der Waals surface area contributed by atoms with Crippen molar-refractivity contribution < 1.29 is 0 Å². The Morgan fingerprint density at radius 3 is 1.76 bits per heavy atom. The summed E-state index contributed by atoms with van der Waals surface area (Å²) in [5.41, 5.74) is 1.39. The van der Waals surface area contributed by atoms with E-state index < -0.39 is 0 Å². The molecular formula is C19H32IN. The SMILES string of the molecule is ICCCCCCCCCCCCNCc1ccccc1. The van der Waals surface area contributed by atoms with E-state index in [1.54, 1.807) is 0 Å². The van der Waals surface area contributed by atoms with Crippen LogP contribution in [0.15, 0.2) is 30.3 Å². The Morgan fingerprint density at radius 2 is 1.19 bits per heavy atom. The zero-order valence-electron chi connectivity index (χ0n) is 13.5. The summed E-state index contributed by atoms with van der Waals surface area (Å²) in [6.45, 7) is 2.17. The number of unbranched alkanes of at least 4 members (excludes halogenated alkanes) is 9. The molecule has 0 aliphatic carbocycles. The number of rotatable bonds is 14. The lowest BCUT2D eigenvalue weighted by Gasteiger charge is -2.05. The number of hydrogen-bond acceptors (Lipinski definition) is 1. The number of hydrogen-bond donors (Lipinski definition) is 1. The van der Waals surface area contributed by atoms with Crippen LogP contribution in [0.1, 0.15) is 69.8 Å². The van der Waals surface area contributed by atoms with E-state index in [1.807, 2.05) is 0 Å². The summed E-state index contributed by atoms with van der Waals surface area (Å²) in [5, 5.41) is 3.53. The van der Waals surface area contributed by atoms with Gasteiger partial charge in [-0.3, -0.25) is 0 Å². The van der Waals surface area contributed by atoms with Crippen LogP contribution in [0.25, 0.3) is 0 Å². The van der Waals surface area contributed by atoms with E-state index in [-0.39, 0.29) is 0 Å². The molecule has 0 aliphatic heterocycles. The van der Waals surface area contributed by atoms with Crippen LogP contribution in [0, 0.1) is 0 Å². The van der Waals surface area contributed by atoms with Crippen LogP contribution in [0.2, 0.25) is 0 Å². The molecule has 0 amide bonds. The van der Waals surface area contributed by atoms with Gasteiger partial charge in [-0.25, -0.2) is 0 Å². The molecular weight excluding hydrogens is 369 g/mol. The maximum absolute atomic E-state index is 3.53. The topological polar surface area (TPSA) is 12.0 Å². The second-order valence-electron chi connectivity index (χ2n) is 5.89. The van der Waals surface area contributed by atoms with Crippen molar-refractivity contribution in [2.75, 3.05) is 11.0 Å². The second kappa shape index (κ2) is 14.8. The Hall–Kier alpha value is -0.0900. The van der Waals surface area contributed by atoms with Crippen LogP contribution in [0.3, 0.4) is 0 Å². The van der Waals surface area contributed by atoms with Crippen molar-refractivity contribution in [3.63, 3.8) is 0 Å². The Morgan fingerprint density at radius 1 is 0.667 bits per heavy atom. The van der Waals surface area contributed by atoms with Crippen molar-refractivity contribution in [1.82, 2.24) is 5.32 Å². The molecule has 1 aromatic carbocycles. The fourth-order valence-corrected chi connectivity index (χ4v) is 3.13. The van der Waals surface area contributed by atoms with Crippen molar-refractivity contribution >= 4 is 22.6 Å². The second-order valence-corrected chi connectivity index (χ2v) is 6.97. The van der Waals surface area contributed by atoms with E-state index in [1.165, 1.54) is 74.2 Å². The van der Waals surface area contributed by atoms with Gasteiger partial charge in [-0.05, 0) is 29.4 Å². The number of halogens is 1. The molecule has 1 nitrogen and oxygen atoms in total. The van der Waals surface area contributed by atoms with Gasteiger partial charge < -0.3 is 5.32 Å². The lowest BCUT2D eigenvalue weighted by Crippen LogP contribution is -2.14. The molecule has 0 atom stereocenters. The Kier molecular flexibility index (Phi) is 13.4. The van der Waals surface area contributed by atoms with Crippen molar-refractivity contribution in [3.05, 3.63) is 35.9 Å². The molecule has 0 bridgehead atoms. The fourth-order valence-electron chi connectivity index (χ4n) is 2.59. The number of nitrogens with one attached hydrogen (secondary N) is 1. The molecule has 120 valence electrons. The molecule has 0 aromatic heterocycles. The van der Waals surface area contributed by atoms with Gasteiger partial charge >= 0.3 is 0 Å². The van der Waals surface area contributed by atoms with Crippen LogP contribution in [0.5, 0.6) is 0 Å². The minimum Gasteiger partial charge on any atom is -0.313 e. The largest absolute Gasteiger partial charge is 0.313 e. The van der Waals surface area contributed by atoms with Gasteiger partial charge in [-0.2, -0.15) is 0 Å². The van der Waals surface area contributed by atoms with Gasteiger partial charge in [0.1, 0.15) is 0 Å². The maximum Gasteiger partial charge on any atom is 0.0205 e. The molecule has 0 saturated carbocycles. The van der Waals surface area contributed by atoms with Crippen molar-refractivity contribution in [2.24, 2.45) is 0 Å². The Balaban J connectivity index is 1.75. The van der Waals surface area contributed by atoms with Crippen molar-refractivity contribution in [1.29, 1.82) is 0 Å². The molecule has 0 aliphatic rings. The quantitative estimate of drug-likeness (QED) is 0.225. The molecule has 0 radical (unpaired) electrons. The minimum atomic E-state index is 1.01. The number of alkyl halides is 1. The smallest absolute Gasteiger partial charge is 0.0205 e. The van der Waals surface area contributed by atoms with Crippen LogP contribution in [0.4, 0.5) is 0 Å². The Labute approximate surface area is 145 Å². The third-order valence-corrected chi connectivity index (χ3v) is 4.67. The highest BCUT2D eigenvalue weighted by molar-refractivity contribution is 14.1. The summed E-state index contributed by atoms with van der Waals surface area (Å²) < 4.78 is 1.33. The summed E-state index contributed by atoms with van der Waals surface area (Å²) in [6, 6.07) is 10.7. The molecule has 0 unspecified atom stereocenters. The summed E-state index contributed by atoms with van der Waals surface area (Å²) in [5.74, 6) is 0. The van der Waals surface area contributed by atoms with Gasteiger partial charge in [0, 0.05) is 6.54 Å². The van der Waals surface area contributed by atoms with Gasteiger partial charge in [0.2, 0.25) is 0 Å². The minimum absolute atomic E-state index is 1.01. The van der Waals surface area contributed by atoms with E-state index in [0.29, 0.717) is 0 Å². The van der Waals surface area contributed by atoms with Crippen LogP contribution < -0.4 is 5.32 Å². The zero-order valence-corrected chi connectivity index (χ0v) is 15.6. The highest BCUT2D eigenvalue weighted by Crippen LogP contribution is 2.11. The van der Waals surface area contributed by atoms with Crippen molar-refractivity contribution in [3.8, 4) is 0 Å². The molecule has 0 spiro atoms. The predicted molar refractivity (Wildman–Crippen MR) is 103 cm³/mol. The monoisotopic (exact) mass is 401 g/mol. The third-order valence-electron chi connectivity index (χ3n) is 3.91. The molecule has 0 heterocycles. The van der Waals surface area contributed by atoms with Gasteiger partial charge in [-0.15, -0.1) is 0 Å². The summed E-state index contributed by atoms with van der Waals surface area (Å²) in [4.78, 5) is 0. The lowest BCUT2D eigenvalue weighted by atomic mass is 10.1. The number of benzene rings is 1. The van der Waals surface area contributed by atoms with Gasteiger partial charge in [-0.1, -0.05) is 104 Å². The summed E-state index contributed by atoms with van der Waals surface area (Å²) in [7, 11) is 0. The summed E-state index contributed by atoms with van der Waals surface area (Å²) in [6.07, 6.45) is 14.2. The third kappa shape index (κ3) is 12.2. The molecule has 0 fully saturated rings. The predicted octanol–water partition coefficient (Wildman–Crippen LogP) is 6.11. The fraction of sp³-hybridized carbons (Fsp3) is 0.684. The van der Waals surface area contributed by atoms with Crippen molar-refractivity contribution in [2.45, 2.75) is 70.8 Å². The Bertz CT molecular complexity index is 313. The van der Waals surface area contributed by atoms with Crippen LogP contribution >= 0.6 is 22.6 Å². The first-order valence-electron chi connectivity index (χ1n) is 8.74. The average molecular weight is 401 g/mol. The maximum atomic E-state index is 3.53. The van der Waals surface area contributed by atoms with Crippen LogP contribution in [-0.4, -0.2) is 11.0 Å². The first-order valence-corrected chi connectivity index (χ1v) is 10.3. The van der Waals surface area contributed by atoms with E-state index >= 15 is 0 Å². The van der Waals surface area contributed by atoms with E-state index in [9.17, 15) is 0 Å². The first kappa shape index (κ1) is 19.0. The van der Waals surface area contributed by atoms with Gasteiger partial charge in [0.25, 0.3) is 0 Å². The molecule has 1 N–H and O–H groups in total. The molecule has 0 saturated heterocycles. The molecule has 1 rings (SSSR count). The highest BCUT2D eigenvalue weighted by atomic mass is 127. The van der Waals surface area contributed by atoms with E-state index in [2.05, 4.69) is 58.2 Å². The normalized spacial score (nSPS) is 10.9. The van der Waals surface area contributed by atoms with Gasteiger partial charge in [0.15, 0.2) is 0 Å². The van der Waals surface area contributed by atoms with Gasteiger partial charge in [0.05, 0.1) is 0 Å². The summed E-state index contributed by atoms with van der Waals surface area (Å²) >= 11 is 2.48.